The Bertz CT molecular complexity index is 377. The first-order valence-electron chi connectivity index (χ1n) is 6.77. The molecule has 1 aromatic rings. The average Bonchev–Trinajstić information content (AvgIpc) is 2.54. The minimum absolute atomic E-state index is 0.0520. The maximum atomic E-state index is 10.8. The van der Waals surface area contributed by atoms with Gasteiger partial charge in [0.05, 0.1) is 5.60 Å². The van der Waals surface area contributed by atoms with Crippen LogP contribution in [-0.2, 0) is 12.8 Å². The molecule has 94 valence electrons. The van der Waals surface area contributed by atoms with Gasteiger partial charge in [-0.15, -0.1) is 0 Å². The van der Waals surface area contributed by atoms with E-state index in [1.807, 2.05) is 0 Å². The fourth-order valence-electron chi connectivity index (χ4n) is 2.95. The highest BCUT2D eigenvalue weighted by atomic mass is 16.3. The van der Waals surface area contributed by atoms with Gasteiger partial charge in [0.15, 0.2) is 0 Å². The summed E-state index contributed by atoms with van der Waals surface area (Å²) in [6.07, 6.45) is 5.10. The van der Waals surface area contributed by atoms with E-state index in [0.29, 0.717) is 0 Å². The van der Waals surface area contributed by atoms with Gasteiger partial charge in [-0.1, -0.05) is 45.0 Å². The molecule has 0 aliphatic heterocycles. The minimum Gasteiger partial charge on any atom is -0.389 e. The highest BCUT2D eigenvalue weighted by molar-refractivity contribution is 5.24. The summed E-state index contributed by atoms with van der Waals surface area (Å²) in [6.45, 7) is 6.56. The second kappa shape index (κ2) is 4.45. The van der Waals surface area contributed by atoms with Crippen molar-refractivity contribution in [2.75, 3.05) is 0 Å². The van der Waals surface area contributed by atoms with Gasteiger partial charge in [0, 0.05) is 6.42 Å². The van der Waals surface area contributed by atoms with Crippen LogP contribution >= 0.6 is 0 Å². The number of hydrogen-bond acceptors (Lipinski definition) is 1. The Labute approximate surface area is 105 Å². The number of rotatable bonds is 3. The van der Waals surface area contributed by atoms with E-state index in [1.165, 1.54) is 11.1 Å². The molecule has 0 heterocycles. The van der Waals surface area contributed by atoms with E-state index in [-0.39, 0.29) is 5.41 Å². The Kier molecular flexibility index (Phi) is 3.31. The molecule has 0 amide bonds. The van der Waals surface area contributed by atoms with E-state index in [9.17, 15) is 5.11 Å². The molecule has 1 heteroatoms. The Morgan fingerprint density at radius 2 is 1.65 bits per heavy atom. The fourth-order valence-corrected chi connectivity index (χ4v) is 2.95. The molecule has 0 bridgehead atoms. The lowest BCUT2D eigenvalue weighted by atomic mass is 9.74. The van der Waals surface area contributed by atoms with Gasteiger partial charge in [0.2, 0.25) is 0 Å². The second-order valence-electron chi connectivity index (χ2n) is 6.12. The summed E-state index contributed by atoms with van der Waals surface area (Å²) in [5, 5.41) is 10.8. The van der Waals surface area contributed by atoms with Crippen molar-refractivity contribution in [2.45, 2.75) is 58.5 Å². The molecule has 1 aromatic carbocycles. The maximum absolute atomic E-state index is 10.8. The van der Waals surface area contributed by atoms with Crippen molar-refractivity contribution in [3.63, 3.8) is 0 Å². The topological polar surface area (TPSA) is 20.2 Å². The summed E-state index contributed by atoms with van der Waals surface area (Å²) in [4.78, 5) is 0. The Morgan fingerprint density at radius 1 is 1.06 bits per heavy atom. The Morgan fingerprint density at radius 3 is 2.12 bits per heavy atom. The van der Waals surface area contributed by atoms with Gasteiger partial charge in [-0.25, -0.2) is 0 Å². The van der Waals surface area contributed by atoms with Crippen molar-refractivity contribution in [3.8, 4) is 0 Å². The van der Waals surface area contributed by atoms with Crippen molar-refractivity contribution in [2.24, 2.45) is 5.41 Å². The van der Waals surface area contributed by atoms with Crippen LogP contribution in [0.1, 0.15) is 51.2 Å². The van der Waals surface area contributed by atoms with Crippen molar-refractivity contribution >= 4 is 0 Å². The third-order valence-corrected chi connectivity index (χ3v) is 4.58. The van der Waals surface area contributed by atoms with Gasteiger partial charge < -0.3 is 5.11 Å². The SMILES string of the molecule is CCc1ccc(CC2(O)CCCC2(C)C)cc1. The Hall–Kier alpha value is -0.820. The average molecular weight is 232 g/mol. The molecule has 17 heavy (non-hydrogen) atoms. The fraction of sp³-hybridized carbons (Fsp3) is 0.625. The minimum atomic E-state index is -0.513. The molecule has 1 N–H and O–H groups in total. The van der Waals surface area contributed by atoms with Crippen molar-refractivity contribution < 1.29 is 5.11 Å². The summed E-state index contributed by atoms with van der Waals surface area (Å²) < 4.78 is 0. The third kappa shape index (κ3) is 2.40. The smallest absolute Gasteiger partial charge is 0.0738 e. The van der Waals surface area contributed by atoms with Crippen LogP contribution < -0.4 is 0 Å². The zero-order valence-corrected chi connectivity index (χ0v) is 11.3. The highest BCUT2D eigenvalue weighted by Crippen LogP contribution is 2.47. The monoisotopic (exact) mass is 232 g/mol. The van der Waals surface area contributed by atoms with E-state index < -0.39 is 5.60 Å². The molecule has 0 aromatic heterocycles. The summed E-state index contributed by atoms with van der Waals surface area (Å²) in [6, 6.07) is 8.71. The molecule has 1 atom stereocenters. The first kappa shape index (κ1) is 12.6. The quantitative estimate of drug-likeness (QED) is 0.842. The summed E-state index contributed by atoms with van der Waals surface area (Å²) in [7, 11) is 0. The predicted octanol–water partition coefficient (Wildman–Crippen LogP) is 3.73. The molecule has 2 rings (SSSR count). The predicted molar refractivity (Wildman–Crippen MR) is 72.1 cm³/mol. The van der Waals surface area contributed by atoms with E-state index in [1.54, 1.807) is 0 Å². The van der Waals surface area contributed by atoms with Crippen LogP contribution in [0, 0.1) is 5.41 Å². The van der Waals surface area contributed by atoms with Crippen LogP contribution in [0.4, 0.5) is 0 Å². The third-order valence-electron chi connectivity index (χ3n) is 4.58. The second-order valence-corrected chi connectivity index (χ2v) is 6.12. The van der Waals surface area contributed by atoms with Crippen molar-refractivity contribution in [1.29, 1.82) is 0 Å². The first-order chi connectivity index (χ1) is 7.97. The van der Waals surface area contributed by atoms with E-state index in [0.717, 1.165) is 32.1 Å². The zero-order chi connectivity index (χ0) is 12.5. The zero-order valence-electron chi connectivity index (χ0n) is 11.3. The number of benzene rings is 1. The number of aliphatic hydroxyl groups is 1. The number of hydrogen-bond donors (Lipinski definition) is 1. The van der Waals surface area contributed by atoms with Gasteiger partial charge in [0.1, 0.15) is 0 Å². The molecular formula is C16H24O. The van der Waals surface area contributed by atoms with E-state index in [2.05, 4.69) is 45.0 Å². The van der Waals surface area contributed by atoms with Crippen molar-refractivity contribution in [1.82, 2.24) is 0 Å². The molecule has 0 radical (unpaired) electrons. The maximum Gasteiger partial charge on any atom is 0.0738 e. The molecule has 0 saturated heterocycles. The number of aryl methyl sites for hydroxylation is 1. The van der Waals surface area contributed by atoms with Crippen LogP contribution in [-0.4, -0.2) is 10.7 Å². The van der Waals surface area contributed by atoms with Gasteiger partial charge in [0.25, 0.3) is 0 Å². The molecule has 1 nitrogen and oxygen atoms in total. The summed E-state index contributed by atoms with van der Waals surface area (Å²) in [5.74, 6) is 0. The molecule has 1 unspecified atom stereocenters. The molecule has 1 saturated carbocycles. The van der Waals surface area contributed by atoms with Gasteiger partial charge >= 0.3 is 0 Å². The van der Waals surface area contributed by atoms with Gasteiger partial charge in [-0.3, -0.25) is 0 Å². The summed E-state index contributed by atoms with van der Waals surface area (Å²) >= 11 is 0. The molecule has 1 fully saturated rings. The van der Waals surface area contributed by atoms with Crippen molar-refractivity contribution in [3.05, 3.63) is 35.4 Å². The van der Waals surface area contributed by atoms with Crippen LogP contribution in [0.2, 0.25) is 0 Å². The largest absolute Gasteiger partial charge is 0.389 e. The molecule has 1 aliphatic carbocycles. The van der Waals surface area contributed by atoms with Gasteiger partial charge in [-0.05, 0) is 42.2 Å². The lowest BCUT2D eigenvalue weighted by Crippen LogP contribution is -2.41. The van der Waals surface area contributed by atoms with Gasteiger partial charge in [-0.2, -0.15) is 0 Å². The molecule has 0 spiro atoms. The van der Waals surface area contributed by atoms with E-state index in [4.69, 9.17) is 0 Å². The molecular weight excluding hydrogens is 208 g/mol. The van der Waals surface area contributed by atoms with E-state index >= 15 is 0 Å². The van der Waals surface area contributed by atoms with Crippen LogP contribution in [0.25, 0.3) is 0 Å². The highest BCUT2D eigenvalue weighted by Gasteiger charge is 2.47. The molecule has 1 aliphatic rings. The first-order valence-corrected chi connectivity index (χ1v) is 6.77. The standard InChI is InChI=1S/C16H24O/c1-4-13-6-8-14(9-7-13)12-16(17)11-5-10-15(16,2)3/h6-9,17H,4-5,10-12H2,1-3H3. The summed E-state index contributed by atoms with van der Waals surface area (Å²) in [5.41, 5.74) is 2.17. The van der Waals surface area contributed by atoms with Crippen LogP contribution in [0.15, 0.2) is 24.3 Å². The van der Waals surface area contributed by atoms with Crippen LogP contribution in [0.3, 0.4) is 0 Å². The Balaban J connectivity index is 2.14. The lowest BCUT2D eigenvalue weighted by Gasteiger charge is -2.37. The lowest BCUT2D eigenvalue weighted by molar-refractivity contribution is -0.0419. The van der Waals surface area contributed by atoms with Crippen LogP contribution in [0.5, 0.6) is 0 Å². The normalized spacial score (nSPS) is 27.3.